The van der Waals surface area contributed by atoms with Crippen molar-refractivity contribution < 1.29 is 9.47 Å². The Labute approximate surface area is 109 Å². The molecule has 1 aromatic rings. The first-order chi connectivity index (χ1) is 8.36. The van der Waals surface area contributed by atoms with E-state index in [1.165, 1.54) is 0 Å². The number of hydrogen-bond donors (Lipinski definition) is 0. The molecule has 0 aliphatic carbocycles. The fraction of sp³-hybridized carbons (Fsp3) is 0.533. The lowest BCUT2D eigenvalue weighted by Crippen LogP contribution is -2.13. The Kier molecular flexibility index (Phi) is 4.24. The summed E-state index contributed by atoms with van der Waals surface area (Å²) in [7, 11) is 3.32. The molecule has 0 spiro atoms. The van der Waals surface area contributed by atoms with Crippen LogP contribution in [0.25, 0.3) is 0 Å². The van der Waals surface area contributed by atoms with Crippen molar-refractivity contribution in [3.63, 3.8) is 0 Å². The van der Waals surface area contributed by atoms with Crippen molar-refractivity contribution in [3.8, 4) is 17.6 Å². The maximum Gasteiger partial charge on any atom is 0.125 e. The molecular formula is C15H21NO2. The van der Waals surface area contributed by atoms with E-state index in [2.05, 4.69) is 6.07 Å². The second-order valence-corrected chi connectivity index (χ2v) is 5.19. The average Bonchev–Trinajstić information content (AvgIpc) is 2.33. The molecule has 0 radical (unpaired) electrons. The van der Waals surface area contributed by atoms with E-state index in [1.807, 2.05) is 33.8 Å². The lowest BCUT2D eigenvalue weighted by molar-refractivity contribution is 0.385. The molecule has 1 rings (SSSR count). The third kappa shape index (κ3) is 2.76. The maximum atomic E-state index is 9.15. The molecule has 0 N–H and O–H groups in total. The van der Waals surface area contributed by atoms with Crippen LogP contribution in [-0.2, 0) is 6.42 Å². The number of ether oxygens (including phenoxy) is 2. The molecule has 0 aliphatic heterocycles. The van der Waals surface area contributed by atoms with Crippen LogP contribution in [0.3, 0.4) is 0 Å². The third-order valence-electron chi connectivity index (χ3n) is 3.23. The van der Waals surface area contributed by atoms with Gasteiger partial charge in [0.15, 0.2) is 0 Å². The van der Waals surface area contributed by atoms with Crippen LogP contribution in [0.2, 0.25) is 0 Å². The van der Waals surface area contributed by atoms with Crippen molar-refractivity contribution in [3.05, 3.63) is 22.8 Å². The number of benzene rings is 1. The van der Waals surface area contributed by atoms with Crippen LogP contribution in [0.15, 0.2) is 6.07 Å². The standard InChI is InChI=1S/C15H21NO2/c1-10-11(2)14(18-6)12(7-13(10)17-5)8-15(3,4)9-16/h7H,8H2,1-6H3. The highest BCUT2D eigenvalue weighted by Crippen LogP contribution is 2.36. The fourth-order valence-electron chi connectivity index (χ4n) is 2.07. The van der Waals surface area contributed by atoms with Crippen molar-refractivity contribution in [1.29, 1.82) is 5.26 Å². The van der Waals surface area contributed by atoms with Crippen LogP contribution < -0.4 is 9.47 Å². The summed E-state index contributed by atoms with van der Waals surface area (Å²) < 4.78 is 10.9. The van der Waals surface area contributed by atoms with Gasteiger partial charge in [-0.25, -0.2) is 0 Å². The maximum absolute atomic E-state index is 9.15. The Morgan fingerprint density at radius 2 is 1.78 bits per heavy atom. The summed E-state index contributed by atoms with van der Waals surface area (Å²) in [6, 6.07) is 4.29. The van der Waals surface area contributed by atoms with Gasteiger partial charge in [-0.05, 0) is 56.9 Å². The Morgan fingerprint density at radius 1 is 1.17 bits per heavy atom. The summed E-state index contributed by atoms with van der Waals surface area (Å²) in [6.45, 7) is 7.87. The first kappa shape index (κ1) is 14.4. The molecule has 98 valence electrons. The predicted molar refractivity (Wildman–Crippen MR) is 72.1 cm³/mol. The van der Waals surface area contributed by atoms with E-state index in [9.17, 15) is 0 Å². The van der Waals surface area contributed by atoms with Crippen molar-refractivity contribution in [2.75, 3.05) is 14.2 Å². The van der Waals surface area contributed by atoms with E-state index in [0.29, 0.717) is 6.42 Å². The zero-order valence-electron chi connectivity index (χ0n) is 12.0. The zero-order valence-corrected chi connectivity index (χ0v) is 12.0. The van der Waals surface area contributed by atoms with Gasteiger partial charge in [-0.2, -0.15) is 5.26 Å². The van der Waals surface area contributed by atoms with Gasteiger partial charge >= 0.3 is 0 Å². The Balaban J connectivity index is 3.35. The highest BCUT2D eigenvalue weighted by molar-refractivity contribution is 5.53. The molecule has 3 heteroatoms. The number of rotatable bonds is 4. The average molecular weight is 247 g/mol. The highest BCUT2D eigenvalue weighted by atomic mass is 16.5. The van der Waals surface area contributed by atoms with Gasteiger partial charge in [0.1, 0.15) is 11.5 Å². The minimum Gasteiger partial charge on any atom is -0.496 e. The third-order valence-corrected chi connectivity index (χ3v) is 3.23. The Morgan fingerprint density at radius 3 is 2.22 bits per heavy atom. The lowest BCUT2D eigenvalue weighted by atomic mass is 9.86. The van der Waals surface area contributed by atoms with E-state index in [4.69, 9.17) is 14.7 Å². The molecule has 0 saturated heterocycles. The SMILES string of the molecule is COc1cc(CC(C)(C)C#N)c(OC)c(C)c1C. The largest absolute Gasteiger partial charge is 0.496 e. The van der Waals surface area contributed by atoms with Gasteiger partial charge in [0.2, 0.25) is 0 Å². The summed E-state index contributed by atoms with van der Waals surface area (Å²) in [5, 5.41) is 9.15. The van der Waals surface area contributed by atoms with Gasteiger partial charge in [-0.3, -0.25) is 0 Å². The molecule has 18 heavy (non-hydrogen) atoms. The van der Waals surface area contributed by atoms with Crippen LogP contribution in [0.1, 0.15) is 30.5 Å². The summed E-state index contributed by atoms with van der Waals surface area (Å²) >= 11 is 0. The molecule has 1 aromatic carbocycles. The number of hydrogen-bond acceptors (Lipinski definition) is 3. The molecule has 0 heterocycles. The highest BCUT2D eigenvalue weighted by Gasteiger charge is 2.22. The van der Waals surface area contributed by atoms with Crippen molar-refractivity contribution in [2.45, 2.75) is 34.1 Å². The Bertz CT molecular complexity index is 484. The normalized spacial score (nSPS) is 10.9. The molecule has 0 saturated carbocycles. The van der Waals surface area contributed by atoms with E-state index in [-0.39, 0.29) is 0 Å². The molecular weight excluding hydrogens is 226 g/mol. The van der Waals surface area contributed by atoms with Crippen molar-refractivity contribution in [1.82, 2.24) is 0 Å². The molecule has 0 unspecified atom stereocenters. The van der Waals surface area contributed by atoms with Gasteiger partial charge in [0, 0.05) is 0 Å². The van der Waals surface area contributed by atoms with Crippen LogP contribution in [0, 0.1) is 30.6 Å². The van der Waals surface area contributed by atoms with Gasteiger partial charge in [-0.1, -0.05) is 0 Å². The molecule has 0 atom stereocenters. The van der Waals surface area contributed by atoms with Crippen LogP contribution in [0.4, 0.5) is 0 Å². The second kappa shape index (κ2) is 5.30. The van der Waals surface area contributed by atoms with Crippen LogP contribution in [-0.4, -0.2) is 14.2 Å². The van der Waals surface area contributed by atoms with E-state index >= 15 is 0 Å². The first-order valence-corrected chi connectivity index (χ1v) is 5.98. The monoisotopic (exact) mass is 247 g/mol. The van der Waals surface area contributed by atoms with Crippen molar-refractivity contribution >= 4 is 0 Å². The minimum absolute atomic E-state index is 0.417. The molecule has 0 amide bonds. The summed E-state index contributed by atoms with van der Waals surface area (Å²) in [5.74, 6) is 1.70. The zero-order chi connectivity index (χ0) is 13.9. The summed E-state index contributed by atoms with van der Waals surface area (Å²) in [6.07, 6.45) is 0.643. The Hall–Kier alpha value is -1.69. The molecule has 0 fully saturated rings. The smallest absolute Gasteiger partial charge is 0.125 e. The van der Waals surface area contributed by atoms with Gasteiger partial charge in [0.25, 0.3) is 0 Å². The van der Waals surface area contributed by atoms with E-state index in [1.54, 1.807) is 14.2 Å². The quantitative estimate of drug-likeness (QED) is 0.818. The van der Waals surface area contributed by atoms with Crippen LogP contribution in [0.5, 0.6) is 11.5 Å². The lowest BCUT2D eigenvalue weighted by Gasteiger charge is -2.21. The molecule has 0 aromatic heterocycles. The first-order valence-electron chi connectivity index (χ1n) is 5.98. The number of nitriles is 1. The molecule has 3 nitrogen and oxygen atoms in total. The summed E-state index contributed by atoms with van der Waals surface area (Å²) in [4.78, 5) is 0. The molecule has 0 aliphatic rings. The van der Waals surface area contributed by atoms with Gasteiger partial charge < -0.3 is 9.47 Å². The number of nitrogens with zero attached hydrogens (tertiary/aromatic N) is 1. The van der Waals surface area contributed by atoms with Gasteiger partial charge in [0.05, 0.1) is 25.7 Å². The number of methoxy groups -OCH3 is 2. The minimum atomic E-state index is -0.417. The van der Waals surface area contributed by atoms with E-state index in [0.717, 1.165) is 28.2 Å². The van der Waals surface area contributed by atoms with E-state index < -0.39 is 5.41 Å². The van der Waals surface area contributed by atoms with Crippen molar-refractivity contribution in [2.24, 2.45) is 5.41 Å². The second-order valence-electron chi connectivity index (χ2n) is 5.19. The molecule has 0 bridgehead atoms. The van der Waals surface area contributed by atoms with Crippen LogP contribution >= 0.6 is 0 Å². The topological polar surface area (TPSA) is 42.2 Å². The predicted octanol–water partition coefficient (Wildman–Crippen LogP) is 3.41. The van der Waals surface area contributed by atoms with Gasteiger partial charge in [-0.15, -0.1) is 0 Å². The fourth-order valence-corrected chi connectivity index (χ4v) is 2.07. The summed E-state index contributed by atoms with van der Waals surface area (Å²) in [5.41, 5.74) is 2.75.